The van der Waals surface area contributed by atoms with Crippen LogP contribution in [0.25, 0.3) is 11.1 Å². The van der Waals surface area contributed by atoms with Crippen molar-refractivity contribution in [1.82, 2.24) is 5.32 Å². The Labute approximate surface area is 209 Å². The number of carbonyl (C=O) groups is 3. The Morgan fingerprint density at radius 3 is 2.23 bits per heavy atom. The van der Waals surface area contributed by atoms with E-state index in [4.69, 9.17) is 9.84 Å². The van der Waals surface area contributed by atoms with Crippen LogP contribution in [0.3, 0.4) is 0 Å². The minimum Gasteiger partial charge on any atom is -0.481 e. The van der Waals surface area contributed by atoms with Gasteiger partial charge in [-0.15, -0.1) is 0 Å². The first-order valence-electron chi connectivity index (χ1n) is 10.9. The summed E-state index contributed by atoms with van der Waals surface area (Å²) in [4.78, 5) is 36.4. The molecule has 1 aliphatic carbocycles. The fourth-order valence-corrected chi connectivity index (χ4v) is 4.64. The average Bonchev–Trinajstić information content (AvgIpc) is 3.13. The topological polar surface area (TPSA) is 105 Å². The number of anilines is 1. The van der Waals surface area contributed by atoms with Crippen LogP contribution in [-0.4, -0.2) is 35.7 Å². The number of fused-ring (bicyclic) bond motifs is 3. The van der Waals surface area contributed by atoms with E-state index in [1.807, 2.05) is 48.5 Å². The van der Waals surface area contributed by atoms with Gasteiger partial charge in [0.25, 0.3) is 0 Å². The zero-order valence-electron chi connectivity index (χ0n) is 18.5. The first kappa shape index (κ1) is 24.4. The molecular formula is C26H22BrFN2O5. The lowest BCUT2D eigenvalue weighted by Crippen LogP contribution is -2.44. The molecule has 0 aromatic heterocycles. The SMILES string of the molecule is O=C(O)CCC(NC(=O)OCC1c2ccccc2-c2ccccc21)C(=O)Nc1cc(F)cc(Br)c1. The first-order valence-corrected chi connectivity index (χ1v) is 11.7. The van der Waals surface area contributed by atoms with Crippen LogP contribution in [0.1, 0.15) is 29.9 Å². The highest BCUT2D eigenvalue weighted by atomic mass is 79.9. The molecule has 0 radical (unpaired) electrons. The Morgan fingerprint density at radius 1 is 1.00 bits per heavy atom. The Morgan fingerprint density at radius 2 is 1.63 bits per heavy atom. The Bertz CT molecular complexity index is 1220. The summed E-state index contributed by atoms with van der Waals surface area (Å²) in [5.41, 5.74) is 4.40. The number of amides is 2. The number of alkyl carbamates (subject to hydrolysis) is 1. The van der Waals surface area contributed by atoms with Crippen molar-refractivity contribution in [1.29, 1.82) is 0 Å². The van der Waals surface area contributed by atoms with Gasteiger partial charge in [-0.2, -0.15) is 0 Å². The lowest BCUT2D eigenvalue weighted by atomic mass is 9.98. The molecule has 0 fully saturated rings. The predicted octanol–water partition coefficient (Wildman–Crippen LogP) is 5.30. The lowest BCUT2D eigenvalue weighted by molar-refractivity contribution is -0.137. The number of nitrogens with one attached hydrogen (secondary N) is 2. The number of carbonyl (C=O) groups excluding carboxylic acids is 2. The van der Waals surface area contributed by atoms with Crippen LogP contribution >= 0.6 is 15.9 Å². The molecule has 0 heterocycles. The number of hydrogen-bond donors (Lipinski definition) is 3. The van der Waals surface area contributed by atoms with Crippen molar-refractivity contribution in [3.8, 4) is 11.1 Å². The van der Waals surface area contributed by atoms with Crippen molar-refractivity contribution in [2.45, 2.75) is 24.8 Å². The second-order valence-corrected chi connectivity index (χ2v) is 9.02. The van der Waals surface area contributed by atoms with E-state index in [1.54, 1.807) is 0 Å². The molecule has 35 heavy (non-hydrogen) atoms. The van der Waals surface area contributed by atoms with Gasteiger partial charge in [-0.3, -0.25) is 9.59 Å². The van der Waals surface area contributed by atoms with Crippen molar-refractivity contribution in [3.63, 3.8) is 0 Å². The normalized spacial score (nSPS) is 12.9. The van der Waals surface area contributed by atoms with E-state index in [2.05, 4.69) is 26.6 Å². The predicted molar refractivity (Wildman–Crippen MR) is 132 cm³/mol. The van der Waals surface area contributed by atoms with Gasteiger partial charge < -0.3 is 20.5 Å². The quantitative estimate of drug-likeness (QED) is 0.359. The van der Waals surface area contributed by atoms with Gasteiger partial charge in [0, 0.05) is 22.5 Å². The maximum Gasteiger partial charge on any atom is 0.407 e. The van der Waals surface area contributed by atoms with Gasteiger partial charge in [-0.25, -0.2) is 9.18 Å². The summed E-state index contributed by atoms with van der Waals surface area (Å²) in [6.45, 7) is 0.0456. The Kier molecular flexibility index (Phi) is 7.45. The monoisotopic (exact) mass is 540 g/mol. The van der Waals surface area contributed by atoms with Crippen LogP contribution in [0.15, 0.2) is 71.2 Å². The number of halogens is 2. The highest BCUT2D eigenvalue weighted by Crippen LogP contribution is 2.44. The second-order valence-electron chi connectivity index (χ2n) is 8.10. The van der Waals surface area contributed by atoms with Gasteiger partial charge in [-0.05, 0) is 46.9 Å². The van der Waals surface area contributed by atoms with Gasteiger partial charge in [-0.1, -0.05) is 64.5 Å². The van der Waals surface area contributed by atoms with E-state index in [-0.39, 0.29) is 31.1 Å². The minimum absolute atomic E-state index is 0.0456. The van der Waals surface area contributed by atoms with Crippen LogP contribution in [0.5, 0.6) is 0 Å². The molecule has 3 aromatic rings. The molecule has 180 valence electrons. The van der Waals surface area contributed by atoms with E-state index in [1.165, 1.54) is 12.1 Å². The first-order chi connectivity index (χ1) is 16.8. The maximum atomic E-state index is 13.7. The zero-order chi connectivity index (χ0) is 24.9. The van der Waals surface area contributed by atoms with E-state index in [9.17, 15) is 18.8 Å². The van der Waals surface area contributed by atoms with Gasteiger partial charge in [0.15, 0.2) is 0 Å². The number of benzene rings is 3. The van der Waals surface area contributed by atoms with Crippen molar-refractivity contribution in [2.24, 2.45) is 0 Å². The molecule has 9 heteroatoms. The van der Waals surface area contributed by atoms with E-state index < -0.39 is 29.8 Å². The lowest BCUT2D eigenvalue weighted by Gasteiger charge is -2.19. The van der Waals surface area contributed by atoms with Crippen molar-refractivity contribution in [3.05, 3.63) is 88.1 Å². The van der Waals surface area contributed by atoms with Crippen LogP contribution in [0.2, 0.25) is 0 Å². The van der Waals surface area contributed by atoms with Gasteiger partial charge in [0.2, 0.25) is 5.91 Å². The molecule has 3 N–H and O–H groups in total. The Balaban J connectivity index is 1.43. The highest BCUT2D eigenvalue weighted by Gasteiger charge is 2.30. The molecule has 3 aromatic carbocycles. The van der Waals surface area contributed by atoms with Crippen molar-refractivity contribution < 1.29 is 28.6 Å². The third-order valence-electron chi connectivity index (χ3n) is 5.73. The minimum atomic E-state index is -1.19. The maximum absolute atomic E-state index is 13.7. The zero-order valence-corrected chi connectivity index (χ0v) is 20.0. The summed E-state index contributed by atoms with van der Waals surface area (Å²) >= 11 is 3.15. The van der Waals surface area contributed by atoms with Crippen LogP contribution in [0.4, 0.5) is 14.9 Å². The van der Waals surface area contributed by atoms with Crippen LogP contribution < -0.4 is 10.6 Å². The van der Waals surface area contributed by atoms with Crippen molar-refractivity contribution in [2.75, 3.05) is 11.9 Å². The molecule has 1 unspecified atom stereocenters. The molecule has 2 amide bonds. The molecule has 0 bridgehead atoms. The summed E-state index contributed by atoms with van der Waals surface area (Å²) in [6.07, 6.45) is -1.37. The number of rotatable bonds is 8. The van der Waals surface area contributed by atoms with Gasteiger partial charge >= 0.3 is 12.1 Å². The molecule has 0 saturated carbocycles. The number of carboxylic acids is 1. The fourth-order valence-electron chi connectivity index (χ4n) is 4.17. The molecule has 4 rings (SSSR count). The summed E-state index contributed by atoms with van der Waals surface area (Å²) in [7, 11) is 0. The largest absolute Gasteiger partial charge is 0.481 e. The Hall–Kier alpha value is -3.72. The molecule has 0 spiro atoms. The number of ether oxygens (including phenoxy) is 1. The average molecular weight is 541 g/mol. The standard InChI is InChI=1S/C26H22BrFN2O5/c27-15-11-16(28)13-17(12-15)29-25(33)23(9-10-24(31)32)30-26(34)35-14-22-20-7-3-1-5-18(20)19-6-2-4-8-21(19)22/h1-8,11-13,22-23H,9-10,14H2,(H,29,33)(H,30,34)(H,31,32). The van der Waals surface area contributed by atoms with E-state index >= 15 is 0 Å². The van der Waals surface area contributed by atoms with Crippen LogP contribution in [-0.2, 0) is 14.3 Å². The number of aliphatic carboxylic acids is 1. The summed E-state index contributed by atoms with van der Waals surface area (Å²) in [5.74, 6) is -2.53. The van der Waals surface area contributed by atoms with Crippen LogP contribution in [0, 0.1) is 5.82 Å². The van der Waals surface area contributed by atoms with E-state index in [0.717, 1.165) is 28.3 Å². The molecule has 0 aliphatic heterocycles. The molecular weight excluding hydrogens is 519 g/mol. The highest BCUT2D eigenvalue weighted by molar-refractivity contribution is 9.10. The smallest absolute Gasteiger partial charge is 0.407 e. The molecule has 1 aliphatic rings. The summed E-state index contributed by atoms with van der Waals surface area (Å²) in [5, 5.41) is 14.0. The van der Waals surface area contributed by atoms with Gasteiger partial charge in [0.1, 0.15) is 18.5 Å². The van der Waals surface area contributed by atoms with Gasteiger partial charge in [0.05, 0.1) is 0 Å². The third-order valence-corrected chi connectivity index (χ3v) is 6.19. The summed E-state index contributed by atoms with van der Waals surface area (Å²) < 4.78 is 19.5. The molecule has 7 nitrogen and oxygen atoms in total. The number of hydrogen-bond acceptors (Lipinski definition) is 4. The second kappa shape index (κ2) is 10.7. The molecule has 1 atom stereocenters. The van der Waals surface area contributed by atoms with E-state index in [0.29, 0.717) is 4.47 Å². The third kappa shape index (κ3) is 5.86. The number of carboxylic acid groups (broad SMARTS) is 1. The fraction of sp³-hybridized carbons (Fsp3) is 0.192. The molecule has 0 saturated heterocycles. The van der Waals surface area contributed by atoms with Crippen molar-refractivity contribution >= 4 is 39.6 Å². The summed E-state index contributed by atoms with van der Waals surface area (Å²) in [6, 6.07) is 18.4.